The Kier molecular flexibility index (Phi) is 5.98. The van der Waals surface area contributed by atoms with Gasteiger partial charge in [0, 0.05) is 31.7 Å². The molecule has 0 aliphatic carbocycles. The summed E-state index contributed by atoms with van der Waals surface area (Å²) in [6, 6.07) is 5.78. The molecule has 1 aliphatic heterocycles. The third-order valence-corrected chi connectivity index (χ3v) is 4.29. The molecule has 1 atom stereocenters. The van der Waals surface area contributed by atoms with Crippen molar-refractivity contribution in [3.05, 3.63) is 29.3 Å². The molecule has 1 unspecified atom stereocenters. The zero-order chi connectivity index (χ0) is 16.1. The molecule has 0 amide bonds. The van der Waals surface area contributed by atoms with Crippen molar-refractivity contribution in [2.45, 2.75) is 39.7 Å². The maximum Gasteiger partial charge on any atom is 0.179 e. The van der Waals surface area contributed by atoms with Crippen molar-refractivity contribution in [1.29, 1.82) is 0 Å². The van der Waals surface area contributed by atoms with Crippen LogP contribution in [0.4, 0.5) is 0 Å². The van der Waals surface area contributed by atoms with Crippen LogP contribution >= 0.6 is 0 Å². The average molecular weight is 304 g/mol. The molecule has 0 saturated carbocycles. The first-order chi connectivity index (χ1) is 10.5. The van der Waals surface area contributed by atoms with Crippen molar-refractivity contribution in [2.75, 3.05) is 32.8 Å². The number of carbonyl (C=O) groups excluding carboxylic acids is 1. The number of Topliss-reactive ketones (excluding diaryl/α,β-unsaturated/α-hetero) is 1. The van der Waals surface area contributed by atoms with Crippen molar-refractivity contribution in [2.24, 2.45) is 0 Å². The van der Waals surface area contributed by atoms with Crippen LogP contribution in [0.15, 0.2) is 18.2 Å². The van der Waals surface area contributed by atoms with Gasteiger partial charge in [-0.2, -0.15) is 0 Å². The third kappa shape index (κ3) is 3.87. The number of nitrogens with one attached hydrogen (secondary N) is 1. The Morgan fingerprint density at radius 1 is 1.27 bits per heavy atom. The zero-order valence-electron chi connectivity index (χ0n) is 14.2. The molecule has 1 aliphatic rings. The standard InChI is InChI=1S/C18H28N2O2/c1-5-22-17-7-6-15(12-16(17)13(2)3)18(21)14(4)20-10-8-19-9-11-20/h6-7,12-14,19H,5,8-11H2,1-4H3. The van der Waals surface area contributed by atoms with Gasteiger partial charge in [-0.25, -0.2) is 0 Å². The first-order valence-electron chi connectivity index (χ1n) is 8.30. The van der Waals surface area contributed by atoms with Gasteiger partial charge in [-0.15, -0.1) is 0 Å². The van der Waals surface area contributed by atoms with E-state index in [0.29, 0.717) is 12.5 Å². The van der Waals surface area contributed by atoms with Crippen molar-refractivity contribution in [3.8, 4) is 5.75 Å². The van der Waals surface area contributed by atoms with E-state index in [-0.39, 0.29) is 11.8 Å². The van der Waals surface area contributed by atoms with E-state index in [9.17, 15) is 4.79 Å². The van der Waals surface area contributed by atoms with E-state index in [1.165, 1.54) is 0 Å². The van der Waals surface area contributed by atoms with E-state index in [1.54, 1.807) is 0 Å². The zero-order valence-corrected chi connectivity index (χ0v) is 14.2. The summed E-state index contributed by atoms with van der Waals surface area (Å²) in [7, 11) is 0. The predicted molar refractivity (Wildman–Crippen MR) is 89.9 cm³/mol. The maximum absolute atomic E-state index is 12.8. The second-order valence-electron chi connectivity index (χ2n) is 6.17. The van der Waals surface area contributed by atoms with E-state index in [0.717, 1.165) is 43.1 Å². The minimum absolute atomic E-state index is 0.0694. The molecule has 122 valence electrons. The number of ketones is 1. The molecule has 1 saturated heterocycles. The van der Waals surface area contributed by atoms with Crippen LogP contribution in [0.5, 0.6) is 5.75 Å². The Balaban J connectivity index is 2.19. The van der Waals surface area contributed by atoms with Crippen LogP contribution in [0, 0.1) is 0 Å². The number of piperazine rings is 1. The van der Waals surface area contributed by atoms with Gasteiger partial charge >= 0.3 is 0 Å². The highest BCUT2D eigenvalue weighted by Gasteiger charge is 2.24. The molecule has 2 rings (SSSR count). The summed E-state index contributed by atoms with van der Waals surface area (Å²) in [5.74, 6) is 1.43. The van der Waals surface area contributed by atoms with Crippen molar-refractivity contribution < 1.29 is 9.53 Å². The molecule has 1 N–H and O–H groups in total. The molecule has 1 aromatic rings. The molecular weight excluding hydrogens is 276 g/mol. The van der Waals surface area contributed by atoms with Gasteiger partial charge in [-0.1, -0.05) is 13.8 Å². The third-order valence-electron chi connectivity index (χ3n) is 4.29. The van der Waals surface area contributed by atoms with Crippen LogP contribution in [-0.4, -0.2) is 49.5 Å². The van der Waals surface area contributed by atoms with E-state index < -0.39 is 0 Å². The lowest BCUT2D eigenvalue weighted by molar-refractivity contribution is 0.0820. The molecule has 1 heterocycles. The summed E-state index contributed by atoms with van der Waals surface area (Å²) in [5, 5.41) is 3.32. The highest BCUT2D eigenvalue weighted by molar-refractivity contribution is 6.00. The van der Waals surface area contributed by atoms with Crippen LogP contribution in [-0.2, 0) is 0 Å². The molecule has 0 radical (unpaired) electrons. The van der Waals surface area contributed by atoms with Crippen LogP contribution in [0.25, 0.3) is 0 Å². The van der Waals surface area contributed by atoms with Gasteiger partial charge in [0.15, 0.2) is 5.78 Å². The SMILES string of the molecule is CCOc1ccc(C(=O)C(C)N2CCNCC2)cc1C(C)C. The Hall–Kier alpha value is -1.39. The Bertz CT molecular complexity index is 508. The number of hydrogen-bond donors (Lipinski definition) is 1. The minimum atomic E-state index is -0.0694. The van der Waals surface area contributed by atoms with E-state index in [1.807, 2.05) is 32.0 Å². The molecule has 4 heteroatoms. The summed E-state index contributed by atoms with van der Waals surface area (Å²) < 4.78 is 5.68. The van der Waals surface area contributed by atoms with Gasteiger partial charge in [0.25, 0.3) is 0 Å². The first-order valence-corrected chi connectivity index (χ1v) is 8.30. The number of benzene rings is 1. The monoisotopic (exact) mass is 304 g/mol. The maximum atomic E-state index is 12.8. The summed E-state index contributed by atoms with van der Waals surface area (Å²) >= 11 is 0. The molecule has 0 aromatic heterocycles. The molecule has 1 aromatic carbocycles. The second-order valence-corrected chi connectivity index (χ2v) is 6.17. The summed E-state index contributed by atoms with van der Waals surface area (Å²) in [6.07, 6.45) is 0. The van der Waals surface area contributed by atoms with Gasteiger partial charge in [-0.3, -0.25) is 9.69 Å². The van der Waals surface area contributed by atoms with Crippen molar-refractivity contribution >= 4 is 5.78 Å². The largest absolute Gasteiger partial charge is 0.494 e. The lowest BCUT2D eigenvalue weighted by Crippen LogP contribution is -2.50. The minimum Gasteiger partial charge on any atom is -0.494 e. The molecule has 0 bridgehead atoms. The topological polar surface area (TPSA) is 41.6 Å². The van der Waals surface area contributed by atoms with Gasteiger partial charge in [0.1, 0.15) is 5.75 Å². The van der Waals surface area contributed by atoms with Crippen LogP contribution in [0.1, 0.15) is 49.5 Å². The quantitative estimate of drug-likeness (QED) is 0.821. The molecule has 0 spiro atoms. The Morgan fingerprint density at radius 2 is 1.95 bits per heavy atom. The molecule has 4 nitrogen and oxygen atoms in total. The normalized spacial score (nSPS) is 17.5. The fourth-order valence-corrected chi connectivity index (χ4v) is 2.92. The molecule has 1 fully saturated rings. The lowest BCUT2D eigenvalue weighted by atomic mass is 9.95. The summed E-state index contributed by atoms with van der Waals surface area (Å²) in [5.41, 5.74) is 1.90. The second kappa shape index (κ2) is 7.75. The number of ether oxygens (including phenoxy) is 1. The fraction of sp³-hybridized carbons (Fsp3) is 0.611. The van der Waals surface area contributed by atoms with Crippen LogP contribution in [0.3, 0.4) is 0 Å². The highest BCUT2D eigenvalue weighted by Crippen LogP contribution is 2.28. The van der Waals surface area contributed by atoms with Crippen molar-refractivity contribution in [1.82, 2.24) is 10.2 Å². The lowest BCUT2D eigenvalue weighted by Gasteiger charge is -2.32. The molecule has 22 heavy (non-hydrogen) atoms. The number of rotatable bonds is 6. The average Bonchev–Trinajstić information content (AvgIpc) is 2.54. The van der Waals surface area contributed by atoms with Gasteiger partial charge in [0.05, 0.1) is 12.6 Å². The summed E-state index contributed by atoms with van der Waals surface area (Å²) in [4.78, 5) is 15.0. The van der Waals surface area contributed by atoms with Crippen LogP contribution in [0.2, 0.25) is 0 Å². The fourth-order valence-electron chi connectivity index (χ4n) is 2.92. The number of nitrogens with zero attached hydrogens (tertiary/aromatic N) is 1. The Labute approximate surface area is 133 Å². The first kappa shape index (κ1) is 17.0. The van der Waals surface area contributed by atoms with Crippen molar-refractivity contribution in [3.63, 3.8) is 0 Å². The van der Waals surface area contributed by atoms with Gasteiger partial charge in [0.2, 0.25) is 0 Å². The van der Waals surface area contributed by atoms with Crippen LogP contribution < -0.4 is 10.1 Å². The van der Waals surface area contributed by atoms with E-state index >= 15 is 0 Å². The summed E-state index contributed by atoms with van der Waals surface area (Å²) in [6.45, 7) is 12.7. The number of hydrogen-bond acceptors (Lipinski definition) is 4. The van der Waals surface area contributed by atoms with E-state index in [4.69, 9.17) is 4.74 Å². The predicted octanol–water partition coefficient (Wildman–Crippen LogP) is 2.69. The van der Waals surface area contributed by atoms with Gasteiger partial charge in [-0.05, 0) is 43.5 Å². The molecular formula is C18H28N2O2. The van der Waals surface area contributed by atoms with Gasteiger partial charge < -0.3 is 10.1 Å². The Morgan fingerprint density at radius 3 is 2.55 bits per heavy atom. The van der Waals surface area contributed by atoms with E-state index in [2.05, 4.69) is 24.1 Å². The number of carbonyl (C=O) groups is 1. The highest BCUT2D eigenvalue weighted by atomic mass is 16.5. The smallest absolute Gasteiger partial charge is 0.179 e.